The third-order valence-electron chi connectivity index (χ3n) is 7.13. The first-order valence-corrected chi connectivity index (χ1v) is 12.9. The molecule has 1 amide bonds. The molecular formula is C30H34N4O3. The highest BCUT2D eigenvalue weighted by molar-refractivity contribution is 6.01. The number of fused-ring (bicyclic) bond motifs is 1. The summed E-state index contributed by atoms with van der Waals surface area (Å²) in [7, 11) is 3.80. The molecule has 7 heteroatoms. The van der Waals surface area contributed by atoms with Crippen LogP contribution >= 0.6 is 0 Å². The molecule has 0 spiro atoms. The molecule has 3 aromatic carbocycles. The Balaban J connectivity index is 1.33. The molecule has 0 bridgehead atoms. The van der Waals surface area contributed by atoms with E-state index in [9.17, 15) is 4.79 Å². The minimum absolute atomic E-state index is 0.112. The number of nitrogens with one attached hydrogen (secondary N) is 2. The average Bonchev–Trinajstić information content (AvgIpc) is 3.36. The van der Waals surface area contributed by atoms with Crippen LogP contribution in [0.15, 0.2) is 66.7 Å². The van der Waals surface area contributed by atoms with Crippen LogP contribution in [0, 0.1) is 0 Å². The smallest absolute Gasteiger partial charge is 0.251 e. The number of aromatic amines is 1. The van der Waals surface area contributed by atoms with Gasteiger partial charge in [-0.2, -0.15) is 5.10 Å². The zero-order valence-corrected chi connectivity index (χ0v) is 21.7. The van der Waals surface area contributed by atoms with Crippen LogP contribution in [0.3, 0.4) is 0 Å². The normalized spacial score (nSPS) is 15.4. The van der Waals surface area contributed by atoms with Gasteiger partial charge in [-0.1, -0.05) is 19.1 Å². The Bertz CT molecular complexity index is 1360. The number of hydrogen-bond donors (Lipinski definition) is 2. The Morgan fingerprint density at radius 1 is 1.08 bits per heavy atom. The van der Waals surface area contributed by atoms with Crippen molar-refractivity contribution in [3.05, 3.63) is 77.9 Å². The molecule has 1 aliphatic heterocycles. The maximum atomic E-state index is 13.2. The zero-order valence-electron chi connectivity index (χ0n) is 21.7. The molecule has 1 atom stereocenters. The van der Waals surface area contributed by atoms with E-state index in [1.54, 1.807) is 7.11 Å². The summed E-state index contributed by atoms with van der Waals surface area (Å²) in [5.74, 6) is 1.53. The van der Waals surface area contributed by atoms with Crippen molar-refractivity contribution in [1.29, 1.82) is 0 Å². The van der Waals surface area contributed by atoms with Gasteiger partial charge in [-0.25, -0.2) is 0 Å². The van der Waals surface area contributed by atoms with E-state index in [-0.39, 0.29) is 18.1 Å². The van der Waals surface area contributed by atoms with Crippen molar-refractivity contribution in [2.45, 2.75) is 38.3 Å². The SMILES string of the molecule is CCC(NC(=O)c1ccc2[nH]nc(-c3ccc(OC4CCN(C)CC4)cc3)c2c1)c1cccc(OC)c1. The van der Waals surface area contributed by atoms with Gasteiger partial charge >= 0.3 is 0 Å². The minimum Gasteiger partial charge on any atom is -0.497 e. The van der Waals surface area contributed by atoms with E-state index >= 15 is 0 Å². The lowest BCUT2D eigenvalue weighted by Gasteiger charge is -2.29. The van der Waals surface area contributed by atoms with Gasteiger partial charge in [-0.15, -0.1) is 0 Å². The molecule has 0 saturated carbocycles. The van der Waals surface area contributed by atoms with Crippen LogP contribution in [0.5, 0.6) is 11.5 Å². The van der Waals surface area contributed by atoms with E-state index in [0.717, 1.165) is 71.6 Å². The highest BCUT2D eigenvalue weighted by atomic mass is 16.5. The van der Waals surface area contributed by atoms with Crippen molar-refractivity contribution < 1.29 is 14.3 Å². The average molecular weight is 499 g/mol. The number of rotatable bonds is 8. The van der Waals surface area contributed by atoms with Gasteiger partial charge < -0.3 is 19.7 Å². The van der Waals surface area contributed by atoms with Gasteiger partial charge in [0.15, 0.2) is 0 Å². The predicted octanol–water partition coefficient (Wildman–Crippen LogP) is 5.59. The lowest BCUT2D eigenvalue weighted by molar-refractivity contribution is 0.0935. The van der Waals surface area contributed by atoms with E-state index in [4.69, 9.17) is 9.47 Å². The Morgan fingerprint density at radius 3 is 2.59 bits per heavy atom. The Morgan fingerprint density at radius 2 is 1.86 bits per heavy atom. The molecule has 5 rings (SSSR count). The van der Waals surface area contributed by atoms with Crippen LogP contribution in [-0.4, -0.2) is 54.4 Å². The number of hydrogen-bond acceptors (Lipinski definition) is 5. The van der Waals surface area contributed by atoms with Gasteiger partial charge in [-0.3, -0.25) is 9.89 Å². The number of ether oxygens (including phenoxy) is 2. The molecule has 1 fully saturated rings. The van der Waals surface area contributed by atoms with Crippen LogP contribution in [0.4, 0.5) is 0 Å². The Labute approximate surface area is 217 Å². The summed E-state index contributed by atoms with van der Waals surface area (Å²) in [5, 5.41) is 11.7. The van der Waals surface area contributed by atoms with Gasteiger partial charge in [0.2, 0.25) is 0 Å². The largest absolute Gasteiger partial charge is 0.497 e. The second-order valence-corrected chi connectivity index (χ2v) is 9.69. The topological polar surface area (TPSA) is 79.5 Å². The van der Waals surface area contributed by atoms with Crippen molar-refractivity contribution in [3.8, 4) is 22.8 Å². The number of piperidine rings is 1. The van der Waals surface area contributed by atoms with Crippen LogP contribution in [0.2, 0.25) is 0 Å². The number of likely N-dealkylation sites (tertiary alicyclic amines) is 1. The summed E-state index contributed by atoms with van der Waals surface area (Å²) >= 11 is 0. The Kier molecular flexibility index (Phi) is 7.42. The Hall–Kier alpha value is -3.84. The summed E-state index contributed by atoms with van der Waals surface area (Å²) in [4.78, 5) is 15.6. The molecule has 0 aliphatic carbocycles. The highest BCUT2D eigenvalue weighted by Crippen LogP contribution is 2.30. The van der Waals surface area contributed by atoms with E-state index in [1.807, 2.05) is 66.7 Å². The molecule has 1 aliphatic rings. The molecule has 1 saturated heterocycles. The summed E-state index contributed by atoms with van der Waals surface area (Å²) in [6, 6.07) is 21.4. The van der Waals surface area contributed by atoms with E-state index in [0.29, 0.717) is 5.56 Å². The number of carbonyl (C=O) groups is 1. The molecule has 7 nitrogen and oxygen atoms in total. The first-order valence-electron chi connectivity index (χ1n) is 12.9. The molecule has 192 valence electrons. The van der Waals surface area contributed by atoms with Crippen molar-refractivity contribution in [2.24, 2.45) is 0 Å². The standard InChI is InChI=1S/C30H34N4O3/c1-4-27(21-6-5-7-25(18-21)36-3)31-30(35)22-10-13-28-26(19-22)29(33-32-28)20-8-11-23(12-9-20)37-24-14-16-34(2)17-15-24/h5-13,18-19,24,27H,4,14-17H2,1-3H3,(H,31,35)(H,32,33). The van der Waals surface area contributed by atoms with Crippen molar-refractivity contribution >= 4 is 16.8 Å². The number of amides is 1. The van der Waals surface area contributed by atoms with Gasteiger partial charge in [0.05, 0.1) is 24.4 Å². The predicted molar refractivity (Wildman–Crippen MR) is 146 cm³/mol. The van der Waals surface area contributed by atoms with Crippen LogP contribution in [-0.2, 0) is 0 Å². The van der Waals surface area contributed by atoms with Crippen molar-refractivity contribution in [2.75, 3.05) is 27.2 Å². The fourth-order valence-electron chi connectivity index (χ4n) is 4.88. The van der Waals surface area contributed by atoms with Crippen molar-refractivity contribution in [1.82, 2.24) is 20.4 Å². The molecule has 2 N–H and O–H groups in total. The summed E-state index contributed by atoms with van der Waals surface area (Å²) in [6.45, 7) is 4.19. The number of benzene rings is 3. The lowest BCUT2D eigenvalue weighted by Crippen LogP contribution is -2.35. The molecule has 1 unspecified atom stereocenters. The molecular weight excluding hydrogens is 464 g/mol. The van der Waals surface area contributed by atoms with Crippen molar-refractivity contribution in [3.63, 3.8) is 0 Å². The monoisotopic (exact) mass is 498 g/mol. The highest BCUT2D eigenvalue weighted by Gasteiger charge is 2.19. The summed E-state index contributed by atoms with van der Waals surface area (Å²) in [6.07, 6.45) is 3.12. The quantitative estimate of drug-likeness (QED) is 0.331. The van der Waals surface area contributed by atoms with Gasteiger partial charge in [-0.05, 0) is 86.5 Å². The molecule has 37 heavy (non-hydrogen) atoms. The number of H-pyrrole nitrogens is 1. The second kappa shape index (κ2) is 11.0. The van der Waals surface area contributed by atoms with E-state index < -0.39 is 0 Å². The second-order valence-electron chi connectivity index (χ2n) is 9.69. The summed E-state index contributed by atoms with van der Waals surface area (Å²) in [5.41, 5.74) is 4.29. The van der Waals surface area contributed by atoms with Gasteiger partial charge in [0.25, 0.3) is 5.91 Å². The van der Waals surface area contributed by atoms with Crippen LogP contribution < -0.4 is 14.8 Å². The molecule has 1 aromatic heterocycles. The van der Waals surface area contributed by atoms with Gasteiger partial charge in [0.1, 0.15) is 17.6 Å². The number of carbonyl (C=O) groups excluding carboxylic acids is 1. The first-order chi connectivity index (χ1) is 18.0. The maximum absolute atomic E-state index is 13.2. The molecule has 4 aromatic rings. The van der Waals surface area contributed by atoms with Crippen LogP contribution in [0.1, 0.15) is 48.1 Å². The zero-order chi connectivity index (χ0) is 25.8. The van der Waals surface area contributed by atoms with E-state index in [1.165, 1.54) is 0 Å². The first kappa shape index (κ1) is 24.8. The summed E-state index contributed by atoms with van der Waals surface area (Å²) < 4.78 is 11.5. The third kappa shape index (κ3) is 5.62. The number of methoxy groups -OCH3 is 1. The van der Waals surface area contributed by atoms with Crippen LogP contribution in [0.25, 0.3) is 22.2 Å². The molecule has 0 radical (unpaired) electrons. The fraction of sp³-hybridized carbons (Fsp3) is 0.333. The number of aromatic nitrogens is 2. The molecule has 2 heterocycles. The fourth-order valence-corrected chi connectivity index (χ4v) is 4.88. The number of nitrogens with zero attached hydrogens (tertiary/aromatic N) is 2. The van der Waals surface area contributed by atoms with E-state index in [2.05, 4.69) is 34.4 Å². The van der Waals surface area contributed by atoms with Gasteiger partial charge in [0, 0.05) is 29.6 Å². The third-order valence-corrected chi connectivity index (χ3v) is 7.13. The maximum Gasteiger partial charge on any atom is 0.251 e. The lowest BCUT2D eigenvalue weighted by atomic mass is 10.0. The minimum atomic E-state index is -0.120.